The molecule has 1 aromatic heterocycles. The van der Waals surface area contributed by atoms with E-state index in [0.29, 0.717) is 5.01 Å². The molecular weight excluding hydrogens is 319 g/mol. The number of thiophene rings is 1. The van der Waals surface area contributed by atoms with Crippen LogP contribution in [0.2, 0.25) is 5.02 Å². The number of urea groups is 1. The van der Waals surface area contributed by atoms with E-state index >= 15 is 0 Å². The first-order chi connectivity index (χ1) is 10.0. The van der Waals surface area contributed by atoms with Gasteiger partial charge in [0.25, 0.3) is 0 Å². The van der Waals surface area contributed by atoms with Crippen LogP contribution in [0, 0.1) is 5.82 Å². The fourth-order valence-corrected chi connectivity index (χ4v) is 2.40. The number of nitrogens with two attached hydrogens (primary N) is 2. The van der Waals surface area contributed by atoms with Gasteiger partial charge in [0.05, 0.1) is 0 Å². The van der Waals surface area contributed by atoms with Gasteiger partial charge < -0.3 is 4.74 Å². The minimum atomic E-state index is -0.793. The Morgan fingerprint density at radius 3 is 2.86 bits per heavy atom. The maximum Gasteiger partial charge on any atom is 0.350 e. The van der Waals surface area contributed by atoms with Gasteiger partial charge in [-0.25, -0.2) is 25.9 Å². The first-order valence-electron chi connectivity index (χ1n) is 5.73. The SMILES string of the molecule is NNC(=O)N(N)c1ccc(F)c(Cl)c1OCc1cccs1. The molecule has 0 spiro atoms. The van der Waals surface area contributed by atoms with E-state index in [1.54, 1.807) is 0 Å². The number of carbonyl (C=O) groups excluding carboxylic acids is 1. The number of anilines is 1. The Morgan fingerprint density at radius 2 is 2.24 bits per heavy atom. The van der Waals surface area contributed by atoms with Crippen LogP contribution in [-0.4, -0.2) is 6.03 Å². The van der Waals surface area contributed by atoms with Crippen LogP contribution in [0.1, 0.15) is 4.88 Å². The van der Waals surface area contributed by atoms with Crippen LogP contribution in [0.3, 0.4) is 0 Å². The minimum Gasteiger partial charge on any atom is -0.484 e. The Bertz CT molecular complexity index is 638. The molecule has 2 aromatic rings. The van der Waals surface area contributed by atoms with Crippen molar-refractivity contribution >= 4 is 34.7 Å². The molecule has 0 radical (unpaired) electrons. The molecule has 2 amide bonds. The Morgan fingerprint density at radius 1 is 1.48 bits per heavy atom. The molecule has 0 aliphatic rings. The van der Waals surface area contributed by atoms with Crippen molar-refractivity contribution in [2.75, 3.05) is 5.01 Å². The standard InChI is InChI=1S/C12H12ClFN4O2S/c13-10-8(14)3-4-9(18(16)12(19)17-15)11(10)20-6-7-2-1-5-21-7/h1-5H,6,15-16H2,(H,17,19). The average Bonchev–Trinajstić information content (AvgIpc) is 3.00. The van der Waals surface area contributed by atoms with Crippen LogP contribution in [0.4, 0.5) is 14.9 Å². The number of hydrazine groups is 2. The third kappa shape index (κ3) is 3.42. The molecule has 112 valence electrons. The molecule has 0 saturated carbocycles. The van der Waals surface area contributed by atoms with Crippen molar-refractivity contribution in [3.63, 3.8) is 0 Å². The first kappa shape index (κ1) is 15.5. The van der Waals surface area contributed by atoms with Crippen molar-refractivity contribution in [3.05, 3.63) is 45.4 Å². The topological polar surface area (TPSA) is 93.6 Å². The summed E-state index contributed by atoms with van der Waals surface area (Å²) in [5, 5.41) is 2.31. The fraction of sp³-hybridized carbons (Fsp3) is 0.0833. The second kappa shape index (κ2) is 6.72. The maximum atomic E-state index is 13.6. The molecular formula is C12H12ClFN4O2S. The number of ether oxygens (including phenoxy) is 1. The van der Waals surface area contributed by atoms with Crippen LogP contribution in [0.5, 0.6) is 5.75 Å². The lowest BCUT2D eigenvalue weighted by Gasteiger charge is -2.20. The molecule has 5 N–H and O–H groups in total. The van der Waals surface area contributed by atoms with Gasteiger partial charge in [-0.1, -0.05) is 17.7 Å². The number of nitrogens with one attached hydrogen (secondary N) is 1. The summed E-state index contributed by atoms with van der Waals surface area (Å²) in [6.45, 7) is 0.173. The summed E-state index contributed by atoms with van der Waals surface area (Å²) < 4.78 is 19.1. The zero-order valence-electron chi connectivity index (χ0n) is 10.7. The molecule has 6 nitrogen and oxygen atoms in total. The molecule has 1 heterocycles. The fourth-order valence-electron chi connectivity index (χ4n) is 1.57. The molecule has 2 rings (SSSR count). The van der Waals surface area contributed by atoms with Crippen molar-refractivity contribution in [1.82, 2.24) is 5.43 Å². The molecule has 21 heavy (non-hydrogen) atoms. The van der Waals surface area contributed by atoms with E-state index in [2.05, 4.69) is 0 Å². The molecule has 0 saturated heterocycles. The average molecular weight is 331 g/mol. The Hall–Kier alpha value is -1.87. The lowest BCUT2D eigenvalue weighted by Crippen LogP contribution is -2.47. The molecule has 0 aliphatic carbocycles. The number of rotatable bonds is 4. The highest BCUT2D eigenvalue weighted by Gasteiger charge is 2.20. The Labute approximate surface area is 129 Å². The van der Waals surface area contributed by atoms with Crippen molar-refractivity contribution in [2.24, 2.45) is 11.7 Å². The van der Waals surface area contributed by atoms with Gasteiger partial charge in [-0.05, 0) is 23.6 Å². The summed E-state index contributed by atoms with van der Waals surface area (Å²) in [6.07, 6.45) is 0. The maximum absolute atomic E-state index is 13.6. The molecule has 0 fully saturated rings. The van der Waals surface area contributed by atoms with Gasteiger partial charge in [-0.15, -0.1) is 11.3 Å². The van der Waals surface area contributed by atoms with Gasteiger partial charge in [-0.2, -0.15) is 0 Å². The number of hydrogen-bond donors (Lipinski definition) is 3. The van der Waals surface area contributed by atoms with Gasteiger partial charge in [0.15, 0.2) is 5.75 Å². The van der Waals surface area contributed by atoms with E-state index in [9.17, 15) is 9.18 Å². The monoisotopic (exact) mass is 330 g/mol. The van der Waals surface area contributed by atoms with Gasteiger partial charge in [0, 0.05) is 4.88 Å². The summed E-state index contributed by atoms with van der Waals surface area (Å²) in [6, 6.07) is 5.27. The highest BCUT2D eigenvalue weighted by Crippen LogP contribution is 2.37. The number of carbonyl (C=O) groups is 1. The molecule has 1 aromatic carbocycles. The number of hydrogen-bond acceptors (Lipinski definition) is 5. The van der Waals surface area contributed by atoms with Crippen molar-refractivity contribution in [3.8, 4) is 5.75 Å². The van der Waals surface area contributed by atoms with Gasteiger partial charge >= 0.3 is 6.03 Å². The van der Waals surface area contributed by atoms with E-state index in [-0.39, 0.29) is 23.1 Å². The summed E-state index contributed by atoms with van der Waals surface area (Å²) >= 11 is 7.36. The second-order valence-corrected chi connectivity index (χ2v) is 5.31. The Balaban J connectivity index is 2.32. The number of benzene rings is 1. The van der Waals surface area contributed by atoms with Crippen molar-refractivity contribution < 1.29 is 13.9 Å². The van der Waals surface area contributed by atoms with Crippen LogP contribution >= 0.6 is 22.9 Å². The molecule has 0 unspecified atom stereocenters. The third-order valence-corrected chi connectivity index (χ3v) is 3.77. The zero-order chi connectivity index (χ0) is 15.4. The zero-order valence-corrected chi connectivity index (χ0v) is 12.2. The van der Waals surface area contributed by atoms with Gasteiger partial charge in [0.1, 0.15) is 23.1 Å². The molecule has 0 atom stereocenters. The van der Waals surface area contributed by atoms with Crippen LogP contribution in [0.25, 0.3) is 0 Å². The lowest BCUT2D eigenvalue weighted by molar-refractivity contribution is 0.246. The van der Waals surface area contributed by atoms with E-state index < -0.39 is 11.8 Å². The quantitative estimate of drug-likeness (QED) is 0.456. The first-order valence-corrected chi connectivity index (χ1v) is 6.99. The lowest BCUT2D eigenvalue weighted by atomic mass is 10.2. The number of amides is 2. The normalized spacial score (nSPS) is 10.3. The summed E-state index contributed by atoms with van der Waals surface area (Å²) in [7, 11) is 0. The largest absolute Gasteiger partial charge is 0.484 e. The van der Waals surface area contributed by atoms with E-state index in [1.807, 2.05) is 22.9 Å². The third-order valence-electron chi connectivity index (χ3n) is 2.57. The number of nitrogens with zero attached hydrogens (tertiary/aromatic N) is 1. The van der Waals surface area contributed by atoms with Crippen LogP contribution in [-0.2, 0) is 6.61 Å². The number of halogens is 2. The van der Waals surface area contributed by atoms with Crippen molar-refractivity contribution in [1.29, 1.82) is 0 Å². The second-order valence-electron chi connectivity index (χ2n) is 3.90. The summed E-state index contributed by atoms with van der Waals surface area (Å²) in [4.78, 5) is 12.4. The predicted molar refractivity (Wildman–Crippen MR) is 79.4 cm³/mol. The van der Waals surface area contributed by atoms with E-state index in [0.717, 1.165) is 10.9 Å². The highest BCUT2D eigenvalue weighted by atomic mass is 35.5. The molecule has 0 bridgehead atoms. The predicted octanol–water partition coefficient (Wildman–Crippen LogP) is 2.38. The van der Waals surface area contributed by atoms with Crippen LogP contribution in [0.15, 0.2) is 29.6 Å². The van der Waals surface area contributed by atoms with Gasteiger partial charge in [-0.3, -0.25) is 5.43 Å². The Kier molecular flexibility index (Phi) is 4.97. The molecule has 0 aliphatic heterocycles. The van der Waals surface area contributed by atoms with E-state index in [4.69, 9.17) is 28.0 Å². The highest BCUT2D eigenvalue weighted by molar-refractivity contribution is 7.09. The molecule has 9 heteroatoms. The summed E-state index contributed by atoms with van der Waals surface area (Å²) in [5.41, 5.74) is 1.96. The van der Waals surface area contributed by atoms with Gasteiger partial charge in [0.2, 0.25) is 0 Å². The van der Waals surface area contributed by atoms with E-state index in [1.165, 1.54) is 17.4 Å². The summed E-state index contributed by atoms with van der Waals surface area (Å²) in [5.74, 6) is 9.90. The smallest absolute Gasteiger partial charge is 0.350 e. The van der Waals surface area contributed by atoms with Crippen molar-refractivity contribution in [2.45, 2.75) is 6.61 Å². The minimum absolute atomic E-state index is 0.0313. The van der Waals surface area contributed by atoms with Crippen LogP contribution < -0.4 is 26.9 Å².